The monoisotopic (exact) mass is 190 g/mol. The maximum atomic E-state index is 11.4. The first-order chi connectivity index (χ1) is 6.74. The second-order valence-corrected chi connectivity index (χ2v) is 3.02. The predicted molar refractivity (Wildman–Crippen MR) is 52.8 cm³/mol. The second-order valence-electron chi connectivity index (χ2n) is 3.02. The molecule has 0 radical (unpaired) electrons. The Labute approximate surface area is 81.3 Å². The normalized spacial score (nSPS) is 10.4. The Morgan fingerprint density at radius 2 is 2.07 bits per heavy atom. The van der Waals surface area contributed by atoms with Crippen molar-refractivity contribution in [3.63, 3.8) is 0 Å². The Morgan fingerprint density at radius 3 is 2.71 bits per heavy atom. The van der Waals surface area contributed by atoms with E-state index in [1.54, 1.807) is 0 Å². The summed E-state index contributed by atoms with van der Waals surface area (Å²) in [6.07, 6.45) is 0. The third kappa shape index (κ3) is 1.18. The van der Waals surface area contributed by atoms with E-state index in [1.807, 2.05) is 24.3 Å². The van der Waals surface area contributed by atoms with Gasteiger partial charge in [-0.05, 0) is 13.0 Å². The van der Waals surface area contributed by atoms with Crippen molar-refractivity contribution in [3.05, 3.63) is 29.8 Å². The lowest BCUT2D eigenvalue weighted by Gasteiger charge is -1.95. The summed E-state index contributed by atoms with van der Waals surface area (Å²) in [4.78, 5) is 11.4. The van der Waals surface area contributed by atoms with Gasteiger partial charge < -0.3 is 9.15 Å². The van der Waals surface area contributed by atoms with Crippen molar-refractivity contribution in [2.75, 3.05) is 7.11 Å². The molecule has 1 aromatic heterocycles. The first kappa shape index (κ1) is 8.81. The molecular weight excluding hydrogens is 180 g/mol. The third-order valence-corrected chi connectivity index (χ3v) is 2.10. The van der Waals surface area contributed by atoms with Crippen molar-refractivity contribution in [1.82, 2.24) is 0 Å². The zero-order valence-corrected chi connectivity index (χ0v) is 8.03. The van der Waals surface area contributed by atoms with Crippen LogP contribution < -0.4 is 4.74 Å². The fourth-order valence-corrected chi connectivity index (χ4v) is 1.50. The molecule has 3 heteroatoms. The Morgan fingerprint density at radius 1 is 1.36 bits per heavy atom. The summed E-state index contributed by atoms with van der Waals surface area (Å²) in [5.41, 5.74) is 1.19. The number of rotatable bonds is 2. The maximum absolute atomic E-state index is 11.4. The van der Waals surface area contributed by atoms with Gasteiger partial charge in [0.15, 0.2) is 5.78 Å². The number of carbonyl (C=O) groups is 1. The van der Waals surface area contributed by atoms with Crippen LogP contribution >= 0.6 is 0 Å². The molecule has 0 fully saturated rings. The summed E-state index contributed by atoms with van der Waals surface area (Å²) in [7, 11) is 1.49. The van der Waals surface area contributed by atoms with E-state index >= 15 is 0 Å². The molecule has 0 aliphatic heterocycles. The molecule has 0 N–H and O–H groups in total. The number of carbonyl (C=O) groups excluding carboxylic acids is 1. The summed E-state index contributed by atoms with van der Waals surface area (Å²) < 4.78 is 10.4. The number of ether oxygens (including phenoxy) is 1. The van der Waals surface area contributed by atoms with Crippen LogP contribution in [0.4, 0.5) is 0 Å². The van der Waals surface area contributed by atoms with E-state index in [1.165, 1.54) is 14.0 Å². The van der Waals surface area contributed by atoms with Crippen LogP contribution in [0.15, 0.2) is 28.7 Å². The summed E-state index contributed by atoms with van der Waals surface area (Å²) in [6.45, 7) is 1.50. The van der Waals surface area contributed by atoms with E-state index < -0.39 is 0 Å². The number of benzene rings is 1. The van der Waals surface area contributed by atoms with Crippen molar-refractivity contribution in [3.8, 4) is 5.95 Å². The molecule has 0 saturated carbocycles. The highest BCUT2D eigenvalue weighted by atomic mass is 16.6. The van der Waals surface area contributed by atoms with Gasteiger partial charge in [-0.25, -0.2) is 0 Å². The molecule has 72 valence electrons. The van der Waals surface area contributed by atoms with Gasteiger partial charge in [-0.3, -0.25) is 4.79 Å². The summed E-state index contributed by atoms with van der Waals surface area (Å²) in [5.74, 6) is 0.241. The fourth-order valence-electron chi connectivity index (χ4n) is 1.50. The van der Waals surface area contributed by atoms with Crippen LogP contribution in [0.1, 0.15) is 17.3 Å². The number of hydrogen-bond donors (Lipinski definition) is 0. The first-order valence-corrected chi connectivity index (χ1v) is 4.30. The Balaban J connectivity index is 2.81. The smallest absolute Gasteiger partial charge is 0.296 e. The minimum atomic E-state index is -0.0493. The molecule has 0 saturated heterocycles. The standard InChI is InChI=1S/C11H10O3/c1-7(12)10-8-5-3-4-6-9(8)14-11(10)13-2/h3-6H,1-2H3. The molecule has 1 aromatic carbocycles. The lowest BCUT2D eigenvalue weighted by molar-refractivity contribution is 0.101. The molecule has 2 aromatic rings. The van der Waals surface area contributed by atoms with E-state index in [2.05, 4.69) is 0 Å². The van der Waals surface area contributed by atoms with E-state index in [4.69, 9.17) is 9.15 Å². The SMILES string of the molecule is COc1oc2ccccc2c1C(C)=O. The minimum absolute atomic E-state index is 0.0493. The van der Waals surface area contributed by atoms with Gasteiger partial charge >= 0.3 is 0 Å². The molecule has 3 nitrogen and oxygen atoms in total. The molecule has 0 bridgehead atoms. The Kier molecular flexibility index (Phi) is 2.00. The van der Waals surface area contributed by atoms with Gasteiger partial charge in [-0.15, -0.1) is 0 Å². The number of methoxy groups -OCH3 is 1. The average molecular weight is 190 g/mol. The van der Waals surface area contributed by atoms with Crippen molar-refractivity contribution in [1.29, 1.82) is 0 Å². The summed E-state index contributed by atoms with van der Waals surface area (Å²) in [6, 6.07) is 7.38. The highest BCUT2D eigenvalue weighted by Gasteiger charge is 2.17. The lowest BCUT2D eigenvalue weighted by Crippen LogP contribution is -1.93. The van der Waals surface area contributed by atoms with Crippen LogP contribution in [-0.2, 0) is 0 Å². The van der Waals surface area contributed by atoms with Crippen LogP contribution in [0.5, 0.6) is 5.95 Å². The molecule has 2 rings (SSSR count). The van der Waals surface area contributed by atoms with Gasteiger partial charge in [0.05, 0.1) is 7.11 Å². The molecule has 0 amide bonds. The van der Waals surface area contributed by atoms with E-state index in [0.29, 0.717) is 17.1 Å². The van der Waals surface area contributed by atoms with Gasteiger partial charge in [-0.2, -0.15) is 0 Å². The van der Waals surface area contributed by atoms with Gasteiger partial charge in [0, 0.05) is 5.39 Å². The summed E-state index contributed by atoms with van der Waals surface area (Å²) >= 11 is 0. The summed E-state index contributed by atoms with van der Waals surface area (Å²) in [5, 5.41) is 0.803. The molecule has 0 unspecified atom stereocenters. The van der Waals surface area contributed by atoms with Gasteiger partial charge in [-0.1, -0.05) is 18.2 Å². The topological polar surface area (TPSA) is 39.4 Å². The molecule has 1 heterocycles. The molecular formula is C11H10O3. The maximum Gasteiger partial charge on any atom is 0.296 e. The molecule has 0 atom stereocenters. The largest absolute Gasteiger partial charge is 0.468 e. The molecule has 0 aliphatic rings. The van der Waals surface area contributed by atoms with E-state index in [-0.39, 0.29) is 5.78 Å². The highest BCUT2D eigenvalue weighted by Crippen LogP contribution is 2.31. The second kappa shape index (κ2) is 3.18. The molecule has 0 spiro atoms. The number of Topliss-reactive ketones (excluding diaryl/α,β-unsaturated/α-hetero) is 1. The third-order valence-electron chi connectivity index (χ3n) is 2.10. The minimum Gasteiger partial charge on any atom is -0.468 e. The zero-order chi connectivity index (χ0) is 10.1. The van der Waals surface area contributed by atoms with Gasteiger partial charge in [0.1, 0.15) is 11.1 Å². The van der Waals surface area contributed by atoms with Crippen molar-refractivity contribution < 1.29 is 13.9 Å². The number of para-hydroxylation sites is 1. The number of furan rings is 1. The Bertz CT molecular complexity index is 482. The highest BCUT2D eigenvalue weighted by molar-refractivity contribution is 6.08. The number of hydrogen-bond acceptors (Lipinski definition) is 3. The Hall–Kier alpha value is -1.77. The van der Waals surface area contributed by atoms with Gasteiger partial charge in [0.2, 0.25) is 0 Å². The zero-order valence-electron chi connectivity index (χ0n) is 8.03. The fraction of sp³-hybridized carbons (Fsp3) is 0.182. The average Bonchev–Trinajstić information content (AvgIpc) is 2.55. The number of fused-ring (bicyclic) bond motifs is 1. The molecule has 14 heavy (non-hydrogen) atoms. The van der Waals surface area contributed by atoms with Crippen molar-refractivity contribution in [2.24, 2.45) is 0 Å². The number of ketones is 1. The van der Waals surface area contributed by atoms with Gasteiger partial charge in [0.25, 0.3) is 5.95 Å². The predicted octanol–water partition coefficient (Wildman–Crippen LogP) is 2.64. The van der Waals surface area contributed by atoms with Crippen molar-refractivity contribution >= 4 is 16.8 Å². The van der Waals surface area contributed by atoms with Crippen LogP contribution in [0, 0.1) is 0 Å². The van der Waals surface area contributed by atoms with Crippen LogP contribution in [0.3, 0.4) is 0 Å². The van der Waals surface area contributed by atoms with Crippen LogP contribution in [-0.4, -0.2) is 12.9 Å². The molecule has 0 aliphatic carbocycles. The van der Waals surface area contributed by atoms with Crippen molar-refractivity contribution in [2.45, 2.75) is 6.92 Å². The first-order valence-electron chi connectivity index (χ1n) is 4.30. The lowest BCUT2D eigenvalue weighted by atomic mass is 10.1. The van der Waals surface area contributed by atoms with Crippen LogP contribution in [0.25, 0.3) is 11.0 Å². The van der Waals surface area contributed by atoms with E-state index in [9.17, 15) is 4.79 Å². The van der Waals surface area contributed by atoms with Crippen LogP contribution in [0.2, 0.25) is 0 Å². The quantitative estimate of drug-likeness (QED) is 0.683. The van der Waals surface area contributed by atoms with E-state index in [0.717, 1.165) is 5.39 Å².